The van der Waals surface area contributed by atoms with Crippen molar-refractivity contribution < 1.29 is 0 Å². The predicted octanol–water partition coefficient (Wildman–Crippen LogP) is 7.33. The van der Waals surface area contributed by atoms with E-state index >= 15 is 0 Å². The van der Waals surface area contributed by atoms with Crippen molar-refractivity contribution in [2.24, 2.45) is 46.8 Å². The quantitative estimate of drug-likeness (QED) is 0.526. The average Bonchev–Trinajstić information content (AvgIpc) is 3.05. The molecule has 4 fully saturated rings. The van der Waals surface area contributed by atoms with E-state index < -0.39 is 0 Å². The maximum absolute atomic E-state index is 5.98. The fraction of sp³-hybridized carbons (Fsp3) is 0.731. The van der Waals surface area contributed by atoms with Gasteiger partial charge in [0.2, 0.25) is 0 Å². The summed E-state index contributed by atoms with van der Waals surface area (Å²) in [5.74, 6) is 6.56. The molecule has 1 aromatic rings. The van der Waals surface area contributed by atoms with Crippen LogP contribution in [0.4, 0.5) is 5.69 Å². The summed E-state index contributed by atoms with van der Waals surface area (Å²) in [6.45, 7) is 5.09. The Kier molecular flexibility index (Phi) is 5.06. The van der Waals surface area contributed by atoms with E-state index in [2.05, 4.69) is 49.5 Å². The van der Waals surface area contributed by atoms with Gasteiger partial charge in [-0.15, -0.1) is 0 Å². The molecule has 0 aromatic heterocycles. The van der Waals surface area contributed by atoms with Crippen LogP contribution in [0.5, 0.6) is 0 Å². The molecule has 0 amide bonds. The van der Waals surface area contributed by atoms with Gasteiger partial charge in [0.25, 0.3) is 0 Å². The van der Waals surface area contributed by atoms with Crippen molar-refractivity contribution >= 4 is 22.9 Å². The third kappa shape index (κ3) is 3.15. The molecule has 28 heavy (non-hydrogen) atoms. The lowest BCUT2D eigenvalue weighted by Gasteiger charge is -2.56. The number of hydrogen-bond acceptors (Lipinski definition) is 1. The molecule has 5 rings (SSSR count). The number of anilines is 1. The Balaban J connectivity index is 1.32. The first kappa shape index (κ1) is 19.1. The van der Waals surface area contributed by atoms with Crippen molar-refractivity contribution in [2.45, 2.75) is 71.6 Å². The first-order valence-corrected chi connectivity index (χ1v) is 12.3. The Hall–Kier alpha value is -0.890. The number of para-hydroxylation sites is 1. The van der Waals surface area contributed by atoms with Crippen LogP contribution in [-0.4, -0.2) is 4.99 Å². The molecular formula is C26H37NS. The van der Waals surface area contributed by atoms with E-state index in [1.54, 1.807) is 0 Å². The summed E-state index contributed by atoms with van der Waals surface area (Å²) in [5.41, 5.74) is 1.58. The smallest absolute Gasteiger partial charge is 0.0834 e. The van der Waals surface area contributed by atoms with E-state index in [9.17, 15) is 0 Å². The van der Waals surface area contributed by atoms with Crippen LogP contribution < -0.4 is 5.32 Å². The average molecular weight is 396 g/mol. The molecule has 2 unspecified atom stereocenters. The third-order valence-electron chi connectivity index (χ3n) is 9.57. The summed E-state index contributed by atoms with van der Waals surface area (Å²) in [4.78, 5) is 1.11. The van der Waals surface area contributed by atoms with Crippen LogP contribution in [0.15, 0.2) is 30.3 Å². The van der Waals surface area contributed by atoms with Crippen LogP contribution in [0.2, 0.25) is 0 Å². The lowest BCUT2D eigenvalue weighted by molar-refractivity contribution is -0.0605. The standard InChI is InChI=1S/C26H37NS/c1-17-8-10-20-18(16-17)9-11-22-21(20)14-15-26(2)23(22)12-13-24(26)25(28)27-19-6-4-3-5-7-19/h3-7,17-18,20-24H,8-16H2,1-2H3,(H,27,28)/t17-,18+,20-,21+,22?,23-,24+,26?/m0/s1. The Morgan fingerprint density at radius 3 is 2.54 bits per heavy atom. The van der Waals surface area contributed by atoms with Gasteiger partial charge in [0, 0.05) is 11.6 Å². The zero-order valence-corrected chi connectivity index (χ0v) is 18.5. The van der Waals surface area contributed by atoms with Crippen molar-refractivity contribution in [2.75, 3.05) is 5.32 Å². The van der Waals surface area contributed by atoms with Crippen LogP contribution in [-0.2, 0) is 0 Å². The molecule has 0 radical (unpaired) electrons. The normalized spacial score (nSPS) is 44.9. The van der Waals surface area contributed by atoms with Crippen molar-refractivity contribution in [3.8, 4) is 0 Å². The highest BCUT2D eigenvalue weighted by Crippen LogP contribution is 2.64. The molecule has 4 aliphatic carbocycles. The van der Waals surface area contributed by atoms with E-state index in [-0.39, 0.29) is 0 Å². The highest BCUT2D eigenvalue weighted by atomic mass is 32.1. The lowest BCUT2D eigenvalue weighted by atomic mass is 9.49. The molecule has 2 heteroatoms. The van der Waals surface area contributed by atoms with Crippen molar-refractivity contribution in [1.29, 1.82) is 0 Å². The highest BCUT2D eigenvalue weighted by Gasteiger charge is 2.57. The maximum atomic E-state index is 5.98. The largest absolute Gasteiger partial charge is 0.350 e. The maximum Gasteiger partial charge on any atom is 0.0834 e. The minimum atomic E-state index is 0.425. The summed E-state index contributed by atoms with van der Waals surface area (Å²) in [6.07, 6.45) is 13.1. The number of nitrogens with one attached hydrogen (secondary N) is 1. The summed E-state index contributed by atoms with van der Waals surface area (Å²) in [5, 5.41) is 3.60. The second-order valence-electron chi connectivity index (χ2n) is 10.9. The molecule has 152 valence electrons. The number of fused-ring (bicyclic) bond motifs is 5. The van der Waals surface area contributed by atoms with Crippen molar-refractivity contribution in [1.82, 2.24) is 0 Å². The second-order valence-corrected chi connectivity index (χ2v) is 11.3. The second kappa shape index (κ2) is 7.42. The van der Waals surface area contributed by atoms with E-state index in [1.807, 2.05) is 0 Å². The van der Waals surface area contributed by atoms with Crippen LogP contribution in [0.3, 0.4) is 0 Å². The topological polar surface area (TPSA) is 12.0 Å². The Morgan fingerprint density at radius 1 is 0.929 bits per heavy atom. The lowest BCUT2D eigenvalue weighted by Crippen LogP contribution is -2.49. The van der Waals surface area contributed by atoms with Crippen LogP contribution in [0, 0.1) is 46.8 Å². The molecule has 1 N–H and O–H groups in total. The van der Waals surface area contributed by atoms with Crippen molar-refractivity contribution in [3.63, 3.8) is 0 Å². The number of benzene rings is 1. The molecule has 1 nitrogen and oxygen atoms in total. The van der Waals surface area contributed by atoms with Gasteiger partial charge in [-0.05, 0) is 104 Å². The molecule has 0 heterocycles. The van der Waals surface area contributed by atoms with Gasteiger partial charge in [-0.1, -0.05) is 50.7 Å². The van der Waals surface area contributed by atoms with E-state index in [0.29, 0.717) is 11.3 Å². The Morgan fingerprint density at radius 2 is 1.71 bits per heavy atom. The Labute approximate surface area is 177 Å². The molecule has 8 atom stereocenters. The van der Waals surface area contributed by atoms with Crippen molar-refractivity contribution in [3.05, 3.63) is 30.3 Å². The van der Waals surface area contributed by atoms with Crippen LogP contribution in [0.1, 0.15) is 71.6 Å². The predicted molar refractivity (Wildman–Crippen MR) is 122 cm³/mol. The first-order valence-electron chi connectivity index (χ1n) is 11.9. The fourth-order valence-corrected chi connectivity index (χ4v) is 8.77. The molecule has 4 saturated carbocycles. The summed E-state index contributed by atoms with van der Waals surface area (Å²) in [7, 11) is 0. The molecule has 4 aliphatic rings. The van der Waals surface area contributed by atoms with Gasteiger partial charge in [0.1, 0.15) is 0 Å². The van der Waals surface area contributed by atoms with Gasteiger partial charge in [0.05, 0.1) is 4.99 Å². The fourth-order valence-electron chi connectivity index (χ4n) is 8.27. The minimum Gasteiger partial charge on any atom is -0.350 e. The van der Waals surface area contributed by atoms with Crippen LogP contribution >= 0.6 is 12.2 Å². The van der Waals surface area contributed by atoms with Gasteiger partial charge in [-0.3, -0.25) is 0 Å². The van der Waals surface area contributed by atoms with Crippen LogP contribution in [0.25, 0.3) is 0 Å². The van der Waals surface area contributed by atoms with E-state index in [4.69, 9.17) is 12.2 Å². The summed E-state index contributed by atoms with van der Waals surface area (Å²) in [6, 6.07) is 10.6. The number of rotatable bonds is 2. The van der Waals surface area contributed by atoms with Gasteiger partial charge >= 0.3 is 0 Å². The molecule has 0 aliphatic heterocycles. The van der Waals surface area contributed by atoms with E-state index in [0.717, 1.165) is 46.2 Å². The van der Waals surface area contributed by atoms with E-state index in [1.165, 1.54) is 57.8 Å². The molecule has 0 saturated heterocycles. The number of thiocarbonyl (C=S) groups is 1. The summed E-state index contributed by atoms with van der Waals surface area (Å²) >= 11 is 5.98. The monoisotopic (exact) mass is 395 g/mol. The van der Waals surface area contributed by atoms with Gasteiger partial charge in [-0.25, -0.2) is 0 Å². The molecular weight excluding hydrogens is 358 g/mol. The third-order valence-corrected chi connectivity index (χ3v) is 9.96. The highest BCUT2D eigenvalue weighted by molar-refractivity contribution is 7.80. The molecule has 1 aromatic carbocycles. The molecule has 0 spiro atoms. The number of hydrogen-bond donors (Lipinski definition) is 1. The molecule has 0 bridgehead atoms. The SMILES string of the molecule is C[C@H]1CC[C@H]2[C@H](CCC3[C@@H]2CCC2(C)[C@@H](C(=S)Nc4ccccc4)CC[C@@H]32)C1. The van der Waals surface area contributed by atoms with Gasteiger partial charge < -0.3 is 5.32 Å². The minimum absolute atomic E-state index is 0.425. The Bertz CT molecular complexity index is 714. The zero-order valence-electron chi connectivity index (χ0n) is 17.7. The van der Waals surface area contributed by atoms with Gasteiger partial charge in [-0.2, -0.15) is 0 Å². The van der Waals surface area contributed by atoms with Gasteiger partial charge in [0.15, 0.2) is 0 Å². The zero-order chi connectivity index (χ0) is 19.3. The first-order chi connectivity index (χ1) is 13.6. The summed E-state index contributed by atoms with van der Waals surface area (Å²) < 4.78 is 0.